The number of rotatable bonds is 45. The van der Waals surface area contributed by atoms with E-state index in [0.717, 1.165) is 89.9 Å². The monoisotopic (exact) mass is 827 g/mol. The summed E-state index contributed by atoms with van der Waals surface area (Å²) in [7, 11) is 0. The Morgan fingerprint density at radius 3 is 1.03 bits per heavy atom. The summed E-state index contributed by atoms with van der Waals surface area (Å²) in [4.78, 5) is 37.8. The van der Waals surface area contributed by atoms with Crippen LogP contribution in [0.25, 0.3) is 0 Å². The topological polar surface area (TPSA) is 78.9 Å². The lowest BCUT2D eigenvalue weighted by Crippen LogP contribution is -2.30. The molecule has 0 fully saturated rings. The molecule has 0 spiro atoms. The van der Waals surface area contributed by atoms with E-state index in [-0.39, 0.29) is 31.1 Å². The summed E-state index contributed by atoms with van der Waals surface area (Å²) in [5, 5.41) is 0. The third-order valence-corrected chi connectivity index (χ3v) is 10.8. The van der Waals surface area contributed by atoms with E-state index < -0.39 is 6.10 Å². The standard InChI is InChI=1S/C53H94O6/c1-4-7-10-13-16-19-22-23-24-25-26-27-28-29-30-31-32-35-37-40-43-46-52(55)58-49-50(59-53(56)47-44-41-38-34-21-18-15-12-9-6-3)48-57-51(54)45-42-39-36-33-20-17-14-11-8-5-2/h7,10,16,19,23-24,26-27,50H,4-6,8-9,11-15,17-18,20-22,25,28-49H2,1-3H3/b10-7-,19-16-,24-23-,27-26-. The molecular formula is C53H94O6. The van der Waals surface area contributed by atoms with E-state index in [2.05, 4.69) is 69.4 Å². The van der Waals surface area contributed by atoms with E-state index in [4.69, 9.17) is 14.2 Å². The summed E-state index contributed by atoms with van der Waals surface area (Å²) < 4.78 is 16.7. The van der Waals surface area contributed by atoms with Gasteiger partial charge in [-0.15, -0.1) is 0 Å². The fraction of sp³-hybridized carbons (Fsp3) is 0.792. The first kappa shape index (κ1) is 56.4. The molecule has 0 bridgehead atoms. The van der Waals surface area contributed by atoms with E-state index in [1.807, 2.05) is 0 Å². The second kappa shape index (κ2) is 48.0. The Kier molecular flexibility index (Phi) is 45.9. The van der Waals surface area contributed by atoms with Crippen LogP contribution in [0.4, 0.5) is 0 Å². The smallest absolute Gasteiger partial charge is 0.306 e. The molecule has 0 aliphatic rings. The van der Waals surface area contributed by atoms with E-state index >= 15 is 0 Å². The molecule has 342 valence electrons. The van der Waals surface area contributed by atoms with E-state index in [1.165, 1.54) is 122 Å². The van der Waals surface area contributed by atoms with E-state index in [0.29, 0.717) is 19.3 Å². The Bertz CT molecular complexity index is 1040. The average molecular weight is 827 g/mol. The first-order valence-corrected chi connectivity index (χ1v) is 25.1. The van der Waals surface area contributed by atoms with Gasteiger partial charge in [0.15, 0.2) is 6.10 Å². The first-order valence-electron chi connectivity index (χ1n) is 25.1. The quantitative estimate of drug-likeness (QED) is 0.0263. The molecule has 6 nitrogen and oxygen atoms in total. The van der Waals surface area contributed by atoms with Gasteiger partial charge in [0.25, 0.3) is 0 Å². The molecular weight excluding hydrogens is 733 g/mol. The second-order valence-corrected chi connectivity index (χ2v) is 16.7. The highest BCUT2D eigenvalue weighted by molar-refractivity contribution is 5.71. The summed E-state index contributed by atoms with van der Waals surface area (Å²) in [6.45, 7) is 6.50. The zero-order valence-corrected chi connectivity index (χ0v) is 39.0. The summed E-state index contributed by atoms with van der Waals surface area (Å²) >= 11 is 0. The number of allylic oxidation sites excluding steroid dienone is 8. The molecule has 1 unspecified atom stereocenters. The lowest BCUT2D eigenvalue weighted by atomic mass is 10.1. The van der Waals surface area contributed by atoms with Gasteiger partial charge in [0.2, 0.25) is 0 Å². The van der Waals surface area contributed by atoms with Gasteiger partial charge in [0.05, 0.1) is 0 Å². The van der Waals surface area contributed by atoms with Crippen LogP contribution in [0, 0.1) is 0 Å². The third kappa shape index (κ3) is 46.3. The Morgan fingerprint density at radius 2 is 0.661 bits per heavy atom. The SMILES string of the molecule is CC/C=C\C/C=C\C/C=C\C/C=C\CCCCCCCCCCC(=O)OCC(COC(=O)CCCCCCCCCCCC)OC(=O)CCCCCCCCCCCC. The first-order chi connectivity index (χ1) is 29.0. The predicted octanol–water partition coefficient (Wildman–Crippen LogP) is 16.3. The van der Waals surface area contributed by atoms with Crippen molar-refractivity contribution in [3.8, 4) is 0 Å². The number of hydrogen-bond donors (Lipinski definition) is 0. The molecule has 0 aliphatic heterocycles. The van der Waals surface area contributed by atoms with Crippen LogP contribution in [0.3, 0.4) is 0 Å². The van der Waals surface area contributed by atoms with Crippen molar-refractivity contribution in [2.75, 3.05) is 13.2 Å². The van der Waals surface area contributed by atoms with Crippen molar-refractivity contribution in [2.45, 2.75) is 258 Å². The molecule has 0 saturated carbocycles. The van der Waals surface area contributed by atoms with E-state index in [1.54, 1.807) is 0 Å². The van der Waals surface area contributed by atoms with Gasteiger partial charge in [-0.05, 0) is 57.8 Å². The highest BCUT2D eigenvalue weighted by Crippen LogP contribution is 2.15. The van der Waals surface area contributed by atoms with Crippen LogP contribution in [-0.4, -0.2) is 37.2 Å². The Hall–Kier alpha value is -2.63. The van der Waals surface area contributed by atoms with Crippen LogP contribution in [-0.2, 0) is 28.6 Å². The fourth-order valence-corrected chi connectivity index (χ4v) is 7.08. The predicted molar refractivity (Wildman–Crippen MR) is 252 cm³/mol. The maximum Gasteiger partial charge on any atom is 0.306 e. The minimum atomic E-state index is -0.769. The highest BCUT2D eigenvalue weighted by atomic mass is 16.6. The third-order valence-electron chi connectivity index (χ3n) is 10.8. The summed E-state index contributed by atoms with van der Waals surface area (Å²) in [6.07, 6.45) is 56.7. The van der Waals surface area contributed by atoms with Gasteiger partial charge >= 0.3 is 17.9 Å². The van der Waals surface area contributed by atoms with Crippen molar-refractivity contribution in [2.24, 2.45) is 0 Å². The zero-order valence-electron chi connectivity index (χ0n) is 39.0. The zero-order chi connectivity index (χ0) is 43.0. The van der Waals surface area contributed by atoms with Gasteiger partial charge in [0, 0.05) is 19.3 Å². The molecule has 59 heavy (non-hydrogen) atoms. The van der Waals surface area contributed by atoms with Crippen molar-refractivity contribution in [1.29, 1.82) is 0 Å². The number of hydrogen-bond acceptors (Lipinski definition) is 6. The molecule has 0 aromatic heterocycles. The van der Waals surface area contributed by atoms with Gasteiger partial charge in [-0.2, -0.15) is 0 Å². The molecule has 0 radical (unpaired) electrons. The lowest BCUT2D eigenvalue weighted by Gasteiger charge is -2.18. The largest absolute Gasteiger partial charge is 0.462 e. The summed E-state index contributed by atoms with van der Waals surface area (Å²) in [5.41, 5.74) is 0. The Labute approximate surface area is 365 Å². The van der Waals surface area contributed by atoms with Gasteiger partial charge < -0.3 is 14.2 Å². The van der Waals surface area contributed by atoms with Crippen molar-refractivity contribution in [3.05, 3.63) is 48.6 Å². The van der Waals surface area contributed by atoms with Crippen LogP contribution in [0.2, 0.25) is 0 Å². The van der Waals surface area contributed by atoms with Gasteiger partial charge in [-0.1, -0.05) is 223 Å². The van der Waals surface area contributed by atoms with Crippen LogP contribution >= 0.6 is 0 Å². The molecule has 0 rings (SSSR count). The van der Waals surface area contributed by atoms with Crippen molar-refractivity contribution in [3.63, 3.8) is 0 Å². The molecule has 0 amide bonds. The molecule has 0 saturated heterocycles. The highest BCUT2D eigenvalue weighted by Gasteiger charge is 2.19. The molecule has 0 aromatic carbocycles. The van der Waals surface area contributed by atoms with Gasteiger partial charge in [0.1, 0.15) is 13.2 Å². The van der Waals surface area contributed by atoms with Crippen molar-refractivity contribution in [1.82, 2.24) is 0 Å². The maximum atomic E-state index is 12.7. The number of esters is 3. The van der Waals surface area contributed by atoms with Crippen LogP contribution in [0.15, 0.2) is 48.6 Å². The molecule has 0 aromatic rings. The lowest BCUT2D eigenvalue weighted by molar-refractivity contribution is -0.167. The Balaban J connectivity index is 4.25. The van der Waals surface area contributed by atoms with Crippen LogP contribution < -0.4 is 0 Å². The maximum absolute atomic E-state index is 12.7. The van der Waals surface area contributed by atoms with Crippen LogP contribution in [0.5, 0.6) is 0 Å². The molecule has 6 heteroatoms. The number of unbranched alkanes of at least 4 members (excludes halogenated alkanes) is 26. The molecule has 0 aliphatic carbocycles. The van der Waals surface area contributed by atoms with E-state index in [9.17, 15) is 14.4 Å². The van der Waals surface area contributed by atoms with Gasteiger partial charge in [-0.3, -0.25) is 14.4 Å². The number of ether oxygens (including phenoxy) is 3. The summed E-state index contributed by atoms with van der Waals surface area (Å²) in [5.74, 6) is -0.878. The molecule has 1 atom stereocenters. The second-order valence-electron chi connectivity index (χ2n) is 16.7. The molecule has 0 heterocycles. The normalized spacial score (nSPS) is 12.4. The van der Waals surface area contributed by atoms with Crippen LogP contribution in [0.1, 0.15) is 252 Å². The average Bonchev–Trinajstić information content (AvgIpc) is 3.23. The number of carbonyl (C=O) groups excluding carboxylic acids is 3. The minimum absolute atomic E-state index is 0.0723. The number of carbonyl (C=O) groups is 3. The van der Waals surface area contributed by atoms with Gasteiger partial charge in [-0.25, -0.2) is 0 Å². The fourth-order valence-electron chi connectivity index (χ4n) is 7.08. The van der Waals surface area contributed by atoms with Crippen molar-refractivity contribution < 1.29 is 28.6 Å². The minimum Gasteiger partial charge on any atom is -0.462 e. The molecule has 0 N–H and O–H groups in total. The Morgan fingerprint density at radius 1 is 0.356 bits per heavy atom. The van der Waals surface area contributed by atoms with Crippen molar-refractivity contribution >= 4 is 17.9 Å². The summed E-state index contributed by atoms with van der Waals surface area (Å²) in [6, 6.07) is 0.